The number of rotatable bonds is 4. The lowest BCUT2D eigenvalue weighted by atomic mass is 10.2. The largest absolute Gasteiger partial charge is 0.480 e. The number of anilines is 1. The zero-order valence-corrected chi connectivity index (χ0v) is 18.4. The van der Waals surface area contributed by atoms with E-state index in [1.54, 1.807) is 25.1 Å². The molecule has 0 radical (unpaired) electrons. The first-order valence-corrected chi connectivity index (χ1v) is 10.7. The van der Waals surface area contributed by atoms with Crippen molar-refractivity contribution in [1.29, 1.82) is 0 Å². The van der Waals surface area contributed by atoms with E-state index in [2.05, 4.69) is 33.0 Å². The molecule has 5 nitrogen and oxygen atoms in total. The van der Waals surface area contributed by atoms with Crippen molar-refractivity contribution in [3.8, 4) is 5.75 Å². The van der Waals surface area contributed by atoms with Gasteiger partial charge in [-0.05, 0) is 59.3 Å². The van der Waals surface area contributed by atoms with Crippen molar-refractivity contribution in [2.75, 3.05) is 31.1 Å². The molecule has 0 bridgehead atoms. The molecule has 3 aromatic rings. The van der Waals surface area contributed by atoms with Gasteiger partial charge in [0.1, 0.15) is 11.6 Å². The maximum Gasteiger partial charge on any atom is 0.263 e. The highest BCUT2D eigenvalue weighted by Crippen LogP contribution is 2.29. The van der Waals surface area contributed by atoms with Crippen LogP contribution in [0.5, 0.6) is 5.75 Å². The number of amides is 1. The molecule has 0 aliphatic carbocycles. The van der Waals surface area contributed by atoms with E-state index in [1.807, 2.05) is 29.2 Å². The second kappa shape index (κ2) is 8.59. The number of benzene rings is 2. The van der Waals surface area contributed by atoms with Crippen molar-refractivity contribution in [3.63, 3.8) is 0 Å². The van der Waals surface area contributed by atoms with Crippen LogP contribution >= 0.6 is 27.5 Å². The number of halogens is 2. The van der Waals surface area contributed by atoms with Gasteiger partial charge >= 0.3 is 0 Å². The van der Waals surface area contributed by atoms with Crippen molar-refractivity contribution in [3.05, 3.63) is 64.1 Å². The van der Waals surface area contributed by atoms with Crippen LogP contribution in [-0.2, 0) is 4.79 Å². The van der Waals surface area contributed by atoms with E-state index in [0.717, 1.165) is 34.3 Å². The Morgan fingerprint density at radius 2 is 1.86 bits per heavy atom. The van der Waals surface area contributed by atoms with E-state index in [0.29, 0.717) is 23.9 Å². The maximum absolute atomic E-state index is 12.8. The van der Waals surface area contributed by atoms with Gasteiger partial charge in [0, 0.05) is 36.6 Å². The molecule has 1 aromatic heterocycles. The number of nitrogens with zero attached hydrogens (tertiary/aromatic N) is 3. The third kappa shape index (κ3) is 4.49. The van der Waals surface area contributed by atoms with Crippen molar-refractivity contribution in [2.24, 2.45) is 0 Å². The molecule has 1 fully saturated rings. The van der Waals surface area contributed by atoms with E-state index in [9.17, 15) is 4.79 Å². The number of carbonyl (C=O) groups is 1. The van der Waals surface area contributed by atoms with Crippen LogP contribution in [0.1, 0.15) is 6.92 Å². The van der Waals surface area contributed by atoms with Crippen molar-refractivity contribution in [2.45, 2.75) is 13.0 Å². The molecule has 7 heteroatoms. The summed E-state index contributed by atoms with van der Waals surface area (Å²) < 4.78 is 6.59. The smallest absolute Gasteiger partial charge is 0.263 e. The van der Waals surface area contributed by atoms with Gasteiger partial charge in [-0.1, -0.05) is 29.8 Å². The summed E-state index contributed by atoms with van der Waals surface area (Å²) in [4.78, 5) is 21.7. The van der Waals surface area contributed by atoms with Crippen molar-refractivity contribution < 1.29 is 9.53 Å². The fourth-order valence-corrected chi connectivity index (χ4v) is 4.23. The number of ether oxygens (including phenoxy) is 1. The molecule has 1 saturated heterocycles. The quantitative estimate of drug-likeness (QED) is 0.547. The molecule has 0 N–H and O–H groups in total. The van der Waals surface area contributed by atoms with Crippen LogP contribution in [0, 0.1) is 0 Å². The van der Waals surface area contributed by atoms with E-state index in [-0.39, 0.29) is 5.91 Å². The highest BCUT2D eigenvalue weighted by Gasteiger charge is 2.27. The minimum atomic E-state index is -0.571. The van der Waals surface area contributed by atoms with Gasteiger partial charge in [-0.15, -0.1) is 0 Å². The van der Waals surface area contributed by atoms with Crippen LogP contribution in [0.4, 0.5) is 5.82 Å². The number of fused-ring (bicyclic) bond motifs is 1. The standard InChI is InChI=1S/C22H21BrClN3O2/c1-15(29-20-8-7-17(24)14-18(20)23)22(28)27-12-10-26(11-13-27)21-9-6-16-4-2-3-5-19(16)25-21/h2-9,14-15H,10-13H2,1H3. The van der Waals surface area contributed by atoms with Crippen molar-refractivity contribution >= 4 is 50.2 Å². The Kier molecular flexibility index (Phi) is 5.92. The van der Waals surface area contributed by atoms with Crippen LogP contribution in [0.25, 0.3) is 10.9 Å². The fourth-order valence-electron chi connectivity index (χ4n) is 3.46. The monoisotopic (exact) mass is 473 g/mol. The first-order valence-electron chi connectivity index (χ1n) is 9.52. The Hall–Kier alpha value is -2.31. The molecule has 0 saturated carbocycles. The van der Waals surface area contributed by atoms with Crippen molar-refractivity contribution in [1.82, 2.24) is 9.88 Å². The molecule has 0 spiro atoms. The second-order valence-electron chi connectivity index (χ2n) is 7.01. The summed E-state index contributed by atoms with van der Waals surface area (Å²) in [5, 5.41) is 1.74. The van der Waals surface area contributed by atoms with E-state index >= 15 is 0 Å². The molecule has 2 heterocycles. The number of para-hydroxylation sites is 1. The van der Waals surface area contributed by atoms with E-state index in [1.165, 1.54) is 0 Å². The lowest BCUT2D eigenvalue weighted by Gasteiger charge is -2.36. The Balaban J connectivity index is 1.37. The predicted molar refractivity (Wildman–Crippen MR) is 120 cm³/mol. The molecule has 1 aliphatic rings. The van der Waals surface area contributed by atoms with Crippen LogP contribution in [0.15, 0.2) is 59.1 Å². The normalized spacial score (nSPS) is 15.4. The summed E-state index contributed by atoms with van der Waals surface area (Å²) in [6, 6.07) is 17.5. The number of pyridine rings is 1. The third-order valence-corrected chi connectivity index (χ3v) is 5.90. The van der Waals surface area contributed by atoms with Gasteiger partial charge < -0.3 is 14.5 Å². The lowest BCUT2D eigenvalue weighted by molar-refractivity contribution is -0.138. The van der Waals surface area contributed by atoms with E-state index in [4.69, 9.17) is 21.3 Å². The maximum atomic E-state index is 12.8. The van der Waals surface area contributed by atoms with Crippen LogP contribution in [-0.4, -0.2) is 48.1 Å². The van der Waals surface area contributed by atoms with Crippen LogP contribution in [0.2, 0.25) is 5.02 Å². The predicted octanol–water partition coefficient (Wildman–Crippen LogP) is 4.77. The SMILES string of the molecule is CC(Oc1ccc(Cl)cc1Br)C(=O)N1CCN(c2ccc3ccccc3n2)CC1. The summed E-state index contributed by atoms with van der Waals surface area (Å²) in [7, 11) is 0. The minimum Gasteiger partial charge on any atom is -0.480 e. The average molecular weight is 475 g/mol. The van der Waals surface area contributed by atoms with Gasteiger partial charge in [-0.25, -0.2) is 4.98 Å². The summed E-state index contributed by atoms with van der Waals surface area (Å²) in [6.45, 7) is 4.55. The molecular weight excluding hydrogens is 454 g/mol. The highest BCUT2D eigenvalue weighted by atomic mass is 79.9. The number of aromatic nitrogens is 1. The Morgan fingerprint density at radius 1 is 1.10 bits per heavy atom. The highest BCUT2D eigenvalue weighted by molar-refractivity contribution is 9.10. The lowest BCUT2D eigenvalue weighted by Crippen LogP contribution is -2.52. The van der Waals surface area contributed by atoms with Gasteiger partial charge in [0.25, 0.3) is 5.91 Å². The average Bonchev–Trinajstić information content (AvgIpc) is 2.75. The minimum absolute atomic E-state index is 0.0158. The molecule has 150 valence electrons. The number of hydrogen-bond acceptors (Lipinski definition) is 4. The van der Waals surface area contributed by atoms with Gasteiger partial charge in [0.15, 0.2) is 6.10 Å². The molecule has 1 unspecified atom stereocenters. The van der Waals surface area contributed by atoms with Crippen LogP contribution < -0.4 is 9.64 Å². The third-order valence-electron chi connectivity index (χ3n) is 5.04. The molecular formula is C22H21BrClN3O2. The Bertz CT molecular complexity index is 1040. The number of hydrogen-bond donors (Lipinski definition) is 0. The topological polar surface area (TPSA) is 45.7 Å². The second-order valence-corrected chi connectivity index (χ2v) is 8.30. The zero-order valence-electron chi connectivity index (χ0n) is 16.0. The summed E-state index contributed by atoms with van der Waals surface area (Å²) in [5.41, 5.74) is 0.985. The molecule has 1 amide bonds. The summed E-state index contributed by atoms with van der Waals surface area (Å²) in [6.07, 6.45) is -0.571. The first kappa shape index (κ1) is 20.0. The number of piperazine rings is 1. The zero-order chi connectivity index (χ0) is 20.4. The van der Waals surface area contributed by atoms with Gasteiger partial charge in [-0.2, -0.15) is 0 Å². The van der Waals surface area contributed by atoms with Crippen LogP contribution in [0.3, 0.4) is 0 Å². The van der Waals surface area contributed by atoms with Gasteiger partial charge in [-0.3, -0.25) is 4.79 Å². The molecule has 29 heavy (non-hydrogen) atoms. The van der Waals surface area contributed by atoms with Gasteiger partial charge in [0.2, 0.25) is 0 Å². The molecule has 4 rings (SSSR count). The molecule has 1 atom stereocenters. The molecule has 2 aromatic carbocycles. The summed E-state index contributed by atoms with van der Waals surface area (Å²) >= 11 is 9.39. The Labute approximate surface area is 183 Å². The fraction of sp³-hybridized carbons (Fsp3) is 0.273. The summed E-state index contributed by atoms with van der Waals surface area (Å²) in [5.74, 6) is 1.54. The van der Waals surface area contributed by atoms with E-state index < -0.39 is 6.10 Å². The first-order chi connectivity index (χ1) is 14.0. The number of carbonyl (C=O) groups excluding carboxylic acids is 1. The Morgan fingerprint density at radius 3 is 2.62 bits per heavy atom. The molecule has 1 aliphatic heterocycles. The van der Waals surface area contributed by atoms with Gasteiger partial charge in [0.05, 0.1) is 9.99 Å².